The largest absolute Gasteiger partial charge is 0.440 e. The molecular formula is C38H40N4O8S2. The number of thiophene rings is 2. The normalized spacial score (nSPS) is 28.9. The zero-order valence-electron chi connectivity index (χ0n) is 29.0. The van der Waals surface area contributed by atoms with Crippen LogP contribution in [0.2, 0.25) is 0 Å². The summed E-state index contributed by atoms with van der Waals surface area (Å²) in [6.07, 6.45) is 7.93. The third kappa shape index (κ3) is 5.71. The fourth-order valence-electron chi connectivity index (χ4n) is 10.1. The minimum Gasteiger partial charge on any atom is -0.440 e. The zero-order valence-corrected chi connectivity index (χ0v) is 30.7. The van der Waals surface area contributed by atoms with Gasteiger partial charge in [0.1, 0.15) is 0 Å². The molecule has 272 valence electrons. The lowest BCUT2D eigenvalue weighted by Gasteiger charge is -2.46. The number of esters is 2. The molecule has 4 fully saturated rings. The highest BCUT2D eigenvalue weighted by Gasteiger charge is 2.56. The van der Waals surface area contributed by atoms with Gasteiger partial charge in [-0.25, -0.2) is 9.59 Å². The van der Waals surface area contributed by atoms with Crippen LogP contribution < -0.4 is 0 Å². The quantitative estimate of drug-likeness (QED) is 0.0672. The van der Waals surface area contributed by atoms with Crippen molar-refractivity contribution in [1.29, 1.82) is 0 Å². The molecular weight excluding hydrogens is 705 g/mol. The van der Waals surface area contributed by atoms with E-state index in [-0.39, 0.29) is 45.1 Å². The molecule has 12 nitrogen and oxygen atoms in total. The first-order chi connectivity index (χ1) is 25.1. The molecule has 8 rings (SSSR count). The summed E-state index contributed by atoms with van der Waals surface area (Å²) in [6, 6.07) is 10.6. The molecule has 2 aromatic carbocycles. The van der Waals surface area contributed by atoms with Crippen LogP contribution in [0, 0.1) is 20.2 Å². The summed E-state index contributed by atoms with van der Waals surface area (Å²) in [5.41, 5.74) is 0.278. The molecule has 6 atom stereocenters. The Kier molecular flexibility index (Phi) is 8.92. The van der Waals surface area contributed by atoms with Crippen LogP contribution in [0.4, 0.5) is 11.4 Å². The van der Waals surface area contributed by atoms with Crippen LogP contribution >= 0.6 is 22.7 Å². The van der Waals surface area contributed by atoms with Crippen molar-refractivity contribution in [2.24, 2.45) is 0 Å². The maximum absolute atomic E-state index is 13.5. The fourth-order valence-corrected chi connectivity index (χ4v) is 12.2. The van der Waals surface area contributed by atoms with Gasteiger partial charge in [-0.2, -0.15) is 0 Å². The number of hydrogen-bond donors (Lipinski definition) is 0. The van der Waals surface area contributed by atoms with Crippen LogP contribution in [0.25, 0.3) is 20.2 Å². The van der Waals surface area contributed by atoms with Crippen LogP contribution in [-0.4, -0.2) is 68.2 Å². The standard InChI is InChI=1S/C38H40N4O8S2/c1-3-39-25-13-15-37(39,19-23(17-25)27-21-51-31-9-5-7-29(35(27)31)41(45)46)49-33(43)11-12-34(44)50-38-16-14-26(40(38)4-2)18-24(20-38)28-22-52-32-10-6-8-30(36(28)32)42(47)48/h5-12,21-26H,3-4,13-20H2,1-2H3/b12-11-. The van der Waals surface area contributed by atoms with E-state index in [0.29, 0.717) is 49.5 Å². The van der Waals surface area contributed by atoms with Crippen LogP contribution in [-0.2, 0) is 19.1 Å². The Morgan fingerprint density at radius 2 is 1.19 bits per heavy atom. The number of carbonyl (C=O) groups is 2. The SMILES string of the molecule is CCN1C2CCC1(OC(=O)/C=C\C(=O)OC13CCC(CC(c4csc5cccc([N+](=O)[O-])c45)C1)N3CC)CC(c1csc3cccc([N+](=O)[O-])c13)C2. The van der Waals surface area contributed by atoms with Crippen molar-refractivity contribution in [3.8, 4) is 0 Å². The van der Waals surface area contributed by atoms with E-state index in [4.69, 9.17) is 9.47 Å². The van der Waals surface area contributed by atoms with Crippen molar-refractivity contribution in [2.75, 3.05) is 13.1 Å². The first-order valence-electron chi connectivity index (χ1n) is 18.0. The van der Waals surface area contributed by atoms with Gasteiger partial charge in [-0.1, -0.05) is 26.0 Å². The summed E-state index contributed by atoms with van der Waals surface area (Å²) >= 11 is 2.99. The summed E-state index contributed by atoms with van der Waals surface area (Å²) in [5.74, 6) is -1.32. The Balaban J connectivity index is 1.00. The number of non-ortho nitro benzene ring substituents is 2. The zero-order chi connectivity index (χ0) is 36.4. The molecule has 0 amide bonds. The van der Waals surface area contributed by atoms with Gasteiger partial charge in [-0.3, -0.25) is 30.0 Å². The first kappa shape index (κ1) is 34.8. The lowest BCUT2D eigenvalue weighted by atomic mass is 9.83. The van der Waals surface area contributed by atoms with Crippen molar-refractivity contribution >= 4 is 66.2 Å². The van der Waals surface area contributed by atoms with Crippen molar-refractivity contribution in [2.45, 2.75) is 101 Å². The van der Waals surface area contributed by atoms with E-state index in [0.717, 1.165) is 58.4 Å². The predicted molar refractivity (Wildman–Crippen MR) is 198 cm³/mol. The maximum atomic E-state index is 13.5. The third-order valence-electron chi connectivity index (χ3n) is 12.0. The number of nitro groups is 2. The van der Waals surface area contributed by atoms with Crippen molar-refractivity contribution < 1.29 is 28.9 Å². The van der Waals surface area contributed by atoms with E-state index in [9.17, 15) is 29.8 Å². The summed E-state index contributed by atoms with van der Waals surface area (Å²) in [6.45, 7) is 5.45. The molecule has 0 aliphatic carbocycles. The van der Waals surface area contributed by atoms with E-state index < -0.39 is 23.4 Å². The van der Waals surface area contributed by atoms with E-state index in [1.54, 1.807) is 24.3 Å². The maximum Gasteiger partial charge on any atom is 0.332 e. The van der Waals surface area contributed by atoms with Crippen molar-refractivity contribution in [3.05, 3.63) is 90.7 Å². The predicted octanol–water partition coefficient (Wildman–Crippen LogP) is 8.39. The summed E-state index contributed by atoms with van der Waals surface area (Å²) in [5, 5.41) is 29.2. The molecule has 2 aromatic heterocycles. The molecule has 4 saturated heterocycles. The Hall–Kier alpha value is -4.24. The molecule has 4 bridgehead atoms. The van der Waals surface area contributed by atoms with Crippen LogP contribution in [0.1, 0.15) is 88.2 Å². The Bertz CT molecular complexity index is 1980. The van der Waals surface area contributed by atoms with Gasteiger partial charge in [-0.15, -0.1) is 22.7 Å². The molecule has 0 N–H and O–H groups in total. The molecule has 4 aliphatic rings. The van der Waals surface area contributed by atoms with Gasteiger partial charge in [-0.05, 0) is 84.6 Å². The minimum absolute atomic E-state index is 0.0256. The lowest BCUT2D eigenvalue weighted by Crippen LogP contribution is -2.54. The molecule has 6 heterocycles. The Morgan fingerprint density at radius 1 is 0.769 bits per heavy atom. The van der Waals surface area contributed by atoms with Gasteiger partial charge >= 0.3 is 11.9 Å². The topological polar surface area (TPSA) is 145 Å². The van der Waals surface area contributed by atoms with Gasteiger partial charge in [0.2, 0.25) is 0 Å². The number of benzene rings is 2. The van der Waals surface area contributed by atoms with E-state index in [1.165, 1.54) is 22.7 Å². The lowest BCUT2D eigenvalue weighted by molar-refractivity contribution is -0.383. The Morgan fingerprint density at radius 3 is 1.58 bits per heavy atom. The first-order valence-corrected chi connectivity index (χ1v) is 19.8. The average Bonchev–Trinajstić information content (AvgIpc) is 3.86. The molecule has 52 heavy (non-hydrogen) atoms. The van der Waals surface area contributed by atoms with Gasteiger partial charge < -0.3 is 9.47 Å². The van der Waals surface area contributed by atoms with Crippen LogP contribution in [0.5, 0.6) is 0 Å². The highest BCUT2D eigenvalue weighted by Crippen LogP contribution is 2.54. The number of nitrogens with zero attached hydrogens (tertiary/aromatic N) is 4. The summed E-state index contributed by atoms with van der Waals surface area (Å²) in [4.78, 5) is 54.7. The second-order valence-electron chi connectivity index (χ2n) is 14.5. The van der Waals surface area contributed by atoms with Crippen molar-refractivity contribution in [1.82, 2.24) is 9.80 Å². The molecule has 0 radical (unpaired) electrons. The van der Waals surface area contributed by atoms with Gasteiger partial charge in [0.25, 0.3) is 11.4 Å². The summed E-state index contributed by atoms with van der Waals surface area (Å²) < 4.78 is 14.3. The summed E-state index contributed by atoms with van der Waals surface area (Å²) in [7, 11) is 0. The molecule has 6 unspecified atom stereocenters. The number of rotatable bonds is 10. The third-order valence-corrected chi connectivity index (χ3v) is 13.9. The number of carbonyl (C=O) groups excluding carboxylic acids is 2. The molecule has 0 saturated carbocycles. The molecule has 0 spiro atoms. The van der Waals surface area contributed by atoms with Crippen LogP contribution in [0.15, 0.2) is 59.3 Å². The van der Waals surface area contributed by atoms with Crippen LogP contribution in [0.3, 0.4) is 0 Å². The second kappa shape index (κ2) is 13.3. The number of hydrogen-bond acceptors (Lipinski definition) is 12. The molecule has 4 aromatic rings. The van der Waals surface area contributed by atoms with Gasteiger partial charge in [0.15, 0.2) is 11.4 Å². The monoisotopic (exact) mass is 744 g/mol. The Labute approximate surface area is 308 Å². The molecule has 4 aliphatic heterocycles. The smallest absolute Gasteiger partial charge is 0.332 e. The van der Waals surface area contributed by atoms with Gasteiger partial charge in [0.05, 0.1) is 20.6 Å². The molecule has 14 heteroatoms. The van der Waals surface area contributed by atoms with Gasteiger partial charge in [0, 0.05) is 71.5 Å². The number of piperidine rings is 2. The van der Waals surface area contributed by atoms with E-state index in [1.807, 2.05) is 36.7 Å². The highest BCUT2D eigenvalue weighted by atomic mass is 32.1. The van der Waals surface area contributed by atoms with Crippen molar-refractivity contribution in [3.63, 3.8) is 0 Å². The second-order valence-corrected chi connectivity index (χ2v) is 16.3. The number of ether oxygens (including phenoxy) is 2. The highest BCUT2D eigenvalue weighted by molar-refractivity contribution is 7.17. The number of nitro benzene ring substituents is 2. The fraction of sp³-hybridized carbons (Fsp3) is 0.474. The van der Waals surface area contributed by atoms with E-state index >= 15 is 0 Å². The average molecular weight is 745 g/mol. The van der Waals surface area contributed by atoms with E-state index in [2.05, 4.69) is 9.80 Å². The number of fused-ring (bicyclic) bond motifs is 6. The minimum atomic E-state index is -0.885.